The van der Waals surface area contributed by atoms with Gasteiger partial charge in [-0.15, -0.1) is 0 Å². The van der Waals surface area contributed by atoms with Gasteiger partial charge < -0.3 is 10.6 Å². The minimum Gasteiger partial charge on any atom is -0.357 e. The summed E-state index contributed by atoms with van der Waals surface area (Å²) in [7, 11) is -3.02. The summed E-state index contributed by atoms with van der Waals surface area (Å²) in [5.41, 5.74) is 2.80. The molecule has 0 aliphatic carbocycles. The first-order chi connectivity index (χ1) is 12.4. The van der Waals surface area contributed by atoms with Crippen LogP contribution in [0.15, 0.2) is 53.5 Å². The van der Waals surface area contributed by atoms with Crippen molar-refractivity contribution in [1.29, 1.82) is 0 Å². The Kier molecular flexibility index (Phi) is 7.48. The lowest BCUT2D eigenvalue weighted by Crippen LogP contribution is -2.36. The number of hydrogen-bond donors (Lipinski definition) is 2. The fourth-order valence-electron chi connectivity index (χ4n) is 2.38. The van der Waals surface area contributed by atoms with Crippen LogP contribution in [-0.4, -0.2) is 27.2 Å². The highest BCUT2D eigenvalue weighted by atomic mass is 35.5. The molecule has 0 atom stereocenters. The van der Waals surface area contributed by atoms with Gasteiger partial charge in [0.05, 0.1) is 12.3 Å². The quantitative estimate of drug-likeness (QED) is 0.560. The van der Waals surface area contributed by atoms with Crippen molar-refractivity contribution >= 4 is 27.4 Å². The van der Waals surface area contributed by atoms with Gasteiger partial charge in [0.25, 0.3) is 0 Å². The Balaban J connectivity index is 1.98. The molecule has 140 valence electrons. The molecule has 0 radical (unpaired) electrons. The Morgan fingerprint density at radius 3 is 2.31 bits per heavy atom. The lowest BCUT2D eigenvalue weighted by molar-refractivity contribution is 0.601. The first kappa shape index (κ1) is 20.3. The van der Waals surface area contributed by atoms with Crippen LogP contribution in [0.1, 0.15) is 23.6 Å². The number of benzene rings is 2. The highest BCUT2D eigenvalue weighted by molar-refractivity contribution is 7.89. The van der Waals surface area contributed by atoms with Gasteiger partial charge in [0.2, 0.25) is 0 Å². The molecule has 2 N–H and O–H groups in total. The maximum Gasteiger partial charge on any atom is 0.191 e. The average Bonchev–Trinajstić information content (AvgIpc) is 2.58. The first-order valence-electron chi connectivity index (χ1n) is 8.38. The maximum atomic E-state index is 11.3. The summed E-state index contributed by atoms with van der Waals surface area (Å²) in [5, 5.41) is 7.19. The smallest absolute Gasteiger partial charge is 0.191 e. The van der Waals surface area contributed by atoms with Crippen molar-refractivity contribution in [2.75, 3.05) is 12.8 Å². The summed E-state index contributed by atoms with van der Waals surface area (Å²) < 4.78 is 22.7. The third-order valence-electron chi connectivity index (χ3n) is 3.62. The van der Waals surface area contributed by atoms with Crippen molar-refractivity contribution in [2.24, 2.45) is 4.99 Å². The van der Waals surface area contributed by atoms with E-state index in [1.165, 1.54) is 6.26 Å². The van der Waals surface area contributed by atoms with Crippen molar-refractivity contribution in [1.82, 2.24) is 10.6 Å². The standard InChI is InChI=1S/C19H24ClN3O2S/c1-3-21-19(23-13-17-6-4-5-7-18(17)20)22-12-15-8-10-16(11-9-15)14-26(2,24)25/h4-11H,3,12-14H2,1-2H3,(H2,21,22,23). The third kappa shape index (κ3) is 7.06. The summed E-state index contributed by atoms with van der Waals surface area (Å²) in [6.45, 7) is 3.84. The Hall–Kier alpha value is -2.05. The summed E-state index contributed by atoms with van der Waals surface area (Å²) in [6, 6.07) is 15.2. The van der Waals surface area contributed by atoms with E-state index in [2.05, 4.69) is 15.6 Å². The molecule has 0 spiro atoms. The number of sulfone groups is 1. The van der Waals surface area contributed by atoms with Crippen LogP contribution >= 0.6 is 11.6 Å². The molecule has 0 aliphatic heterocycles. The van der Waals surface area contributed by atoms with Crippen LogP contribution in [0.5, 0.6) is 0 Å². The van der Waals surface area contributed by atoms with Crippen molar-refractivity contribution in [2.45, 2.75) is 25.8 Å². The lowest BCUT2D eigenvalue weighted by atomic mass is 10.1. The minimum absolute atomic E-state index is 0.0541. The molecule has 0 fully saturated rings. The number of aliphatic imine (C=N–C) groups is 1. The van der Waals surface area contributed by atoms with E-state index in [0.29, 0.717) is 19.0 Å². The Morgan fingerprint density at radius 1 is 1.04 bits per heavy atom. The zero-order valence-electron chi connectivity index (χ0n) is 15.0. The molecule has 0 bridgehead atoms. The molecule has 0 aliphatic rings. The van der Waals surface area contributed by atoms with Gasteiger partial charge in [-0.2, -0.15) is 0 Å². The molecule has 0 aromatic heterocycles. The predicted molar refractivity (Wildman–Crippen MR) is 108 cm³/mol. The molecule has 5 nitrogen and oxygen atoms in total. The second kappa shape index (κ2) is 9.59. The van der Waals surface area contributed by atoms with Gasteiger partial charge >= 0.3 is 0 Å². The summed E-state index contributed by atoms with van der Waals surface area (Å²) in [6.07, 6.45) is 1.23. The molecule has 0 saturated carbocycles. The van der Waals surface area contributed by atoms with Crippen LogP contribution in [0.2, 0.25) is 5.02 Å². The molecule has 0 unspecified atom stereocenters. The molecule has 2 aromatic rings. The zero-order valence-corrected chi connectivity index (χ0v) is 16.6. The van der Waals surface area contributed by atoms with E-state index in [9.17, 15) is 8.42 Å². The SMILES string of the molecule is CCNC(=NCc1ccc(CS(C)(=O)=O)cc1)NCc1ccccc1Cl. The van der Waals surface area contributed by atoms with E-state index in [1.54, 1.807) is 0 Å². The van der Waals surface area contributed by atoms with E-state index in [0.717, 1.165) is 28.3 Å². The van der Waals surface area contributed by atoms with Gasteiger partial charge in [-0.1, -0.05) is 54.1 Å². The maximum absolute atomic E-state index is 11.3. The normalized spacial score (nSPS) is 12.0. The number of nitrogens with zero attached hydrogens (tertiary/aromatic N) is 1. The molecule has 2 rings (SSSR count). The molecule has 7 heteroatoms. The van der Waals surface area contributed by atoms with E-state index >= 15 is 0 Å². The van der Waals surface area contributed by atoms with Gasteiger partial charge in [0, 0.05) is 24.4 Å². The van der Waals surface area contributed by atoms with Crippen molar-refractivity contribution in [3.63, 3.8) is 0 Å². The molecular weight excluding hydrogens is 370 g/mol. The fraction of sp³-hybridized carbons (Fsp3) is 0.316. The number of guanidine groups is 1. The number of halogens is 1. The van der Waals surface area contributed by atoms with Crippen molar-refractivity contribution in [3.8, 4) is 0 Å². The second-order valence-corrected chi connectivity index (χ2v) is 8.57. The van der Waals surface area contributed by atoms with Crippen LogP contribution < -0.4 is 10.6 Å². The van der Waals surface area contributed by atoms with Crippen LogP contribution in [0.3, 0.4) is 0 Å². The average molecular weight is 394 g/mol. The van der Waals surface area contributed by atoms with Crippen LogP contribution in [0.4, 0.5) is 0 Å². The lowest BCUT2D eigenvalue weighted by Gasteiger charge is -2.12. The Labute approximate surface area is 160 Å². The molecule has 2 aromatic carbocycles. The Morgan fingerprint density at radius 2 is 1.69 bits per heavy atom. The fourth-order valence-corrected chi connectivity index (χ4v) is 3.38. The number of hydrogen-bond acceptors (Lipinski definition) is 3. The van der Waals surface area contributed by atoms with Crippen molar-refractivity contribution < 1.29 is 8.42 Å². The van der Waals surface area contributed by atoms with Crippen LogP contribution in [0.25, 0.3) is 0 Å². The minimum atomic E-state index is -3.02. The summed E-state index contributed by atoms with van der Waals surface area (Å²) in [5.74, 6) is 0.756. The highest BCUT2D eigenvalue weighted by Crippen LogP contribution is 2.14. The molecule has 0 heterocycles. The van der Waals surface area contributed by atoms with E-state index in [4.69, 9.17) is 11.6 Å². The monoisotopic (exact) mass is 393 g/mol. The molecule has 0 saturated heterocycles. The number of rotatable bonds is 7. The zero-order chi connectivity index (χ0) is 19.0. The van der Waals surface area contributed by atoms with Gasteiger partial charge in [-0.05, 0) is 29.7 Å². The van der Waals surface area contributed by atoms with E-state index in [-0.39, 0.29) is 5.75 Å². The van der Waals surface area contributed by atoms with Gasteiger partial charge in [0.15, 0.2) is 15.8 Å². The van der Waals surface area contributed by atoms with Crippen LogP contribution in [0, 0.1) is 0 Å². The molecule has 0 amide bonds. The first-order valence-corrected chi connectivity index (χ1v) is 10.8. The van der Waals surface area contributed by atoms with Gasteiger partial charge in [0.1, 0.15) is 0 Å². The summed E-state index contributed by atoms with van der Waals surface area (Å²) in [4.78, 5) is 4.57. The van der Waals surface area contributed by atoms with Gasteiger partial charge in [-0.25, -0.2) is 13.4 Å². The van der Waals surface area contributed by atoms with Crippen LogP contribution in [-0.2, 0) is 28.7 Å². The number of nitrogens with one attached hydrogen (secondary N) is 2. The highest BCUT2D eigenvalue weighted by Gasteiger charge is 2.05. The third-order valence-corrected chi connectivity index (χ3v) is 4.85. The predicted octanol–water partition coefficient (Wildman–Crippen LogP) is 3.14. The summed E-state index contributed by atoms with van der Waals surface area (Å²) >= 11 is 6.18. The Bertz CT molecular complexity index is 849. The second-order valence-electron chi connectivity index (χ2n) is 6.03. The largest absolute Gasteiger partial charge is 0.357 e. The van der Waals surface area contributed by atoms with E-state index < -0.39 is 9.84 Å². The van der Waals surface area contributed by atoms with Crippen molar-refractivity contribution in [3.05, 3.63) is 70.2 Å². The topological polar surface area (TPSA) is 70.6 Å². The molecular formula is C19H24ClN3O2S. The van der Waals surface area contributed by atoms with E-state index in [1.807, 2.05) is 55.5 Å². The van der Waals surface area contributed by atoms with Gasteiger partial charge in [-0.3, -0.25) is 0 Å². The molecule has 26 heavy (non-hydrogen) atoms.